The third kappa shape index (κ3) is 5.97. The Hall–Kier alpha value is -3.89. The van der Waals surface area contributed by atoms with Crippen LogP contribution in [-0.4, -0.2) is 59.3 Å². The standard InChI is InChI=1S/C30H36N4O6/c1-2-3-12-34(22-6-4-5-20(14-22)16-31)28(35)18-33-17-23(21-7-9-25-26(15-21)40-19-39-25)29(30(36)37)24(33)8-10-27-32-11-13-38-27/h4-7,9,11,13-15,23-24,29H,2-3,8,10,12,16-19,31H2,1H3,(H,36,37)/t23-,24+,29-/m1/s1. The minimum Gasteiger partial charge on any atom is -0.481 e. The number of anilines is 1. The van der Waals surface area contributed by atoms with E-state index in [-0.39, 0.29) is 25.2 Å². The summed E-state index contributed by atoms with van der Waals surface area (Å²) in [6.45, 7) is 3.71. The highest BCUT2D eigenvalue weighted by Crippen LogP contribution is 2.43. The molecule has 0 aliphatic carbocycles. The number of ether oxygens (including phenoxy) is 2. The predicted molar refractivity (Wildman–Crippen MR) is 148 cm³/mol. The second-order valence-electron chi connectivity index (χ2n) is 10.3. The first-order valence-corrected chi connectivity index (χ1v) is 13.8. The molecule has 0 unspecified atom stereocenters. The quantitative estimate of drug-likeness (QED) is 0.347. The minimum absolute atomic E-state index is 0.0702. The van der Waals surface area contributed by atoms with Crippen LogP contribution in [0.2, 0.25) is 0 Å². The molecule has 1 aromatic heterocycles. The number of aliphatic carboxylic acids is 1. The van der Waals surface area contributed by atoms with Crippen molar-refractivity contribution >= 4 is 17.6 Å². The first-order chi connectivity index (χ1) is 19.5. The molecule has 1 saturated heterocycles. The van der Waals surface area contributed by atoms with Gasteiger partial charge in [0.1, 0.15) is 6.26 Å². The molecule has 1 fully saturated rings. The third-order valence-corrected chi connectivity index (χ3v) is 7.83. The van der Waals surface area contributed by atoms with Crippen molar-refractivity contribution in [3.63, 3.8) is 0 Å². The molecule has 1 amide bonds. The number of amides is 1. The number of likely N-dealkylation sites (tertiary alicyclic amines) is 1. The van der Waals surface area contributed by atoms with Gasteiger partial charge in [0.05, 0.1) is 18.7 Å². The monoisotopic (exact) mass is 548 g/mol. The number of aryl methyl sites for hydroxylation is 1. The van der Waals surface area contributed by atoms with Crippen molar-refractivity contribution in [3.05, 3.63) is 71.9 Å². The third-order valence-electron chi connectivity index (χ3n) is 7.83. The molecule has 3 atom stereocenters. The van der Waals surface area contributed by atoms with E-state index >= 15 is 0 Å². The minimum atomic E-state index is -0.895. The topological polar surface area (TPSA) is 131 Å². The van der Waals surface area contributed by atoms with Gasteiger partial charge in [-0.2, -0.15) is 0 Å². The number of carbonyl (C=O) groups excluding carboxylic acids is 1. The van der Waals surface area contributed by atoms with E-state index in [1.807, 2.05) is 47.4 Å². The number of carboxylic acid groups (broad SMARTS) is 1. The van der Waals surface area contributed by atoms with Gasteiger partial charge in [-0.1, -0.05) is 31.5 Å². The molecule has 5 rings (SSSR count). The Balaban J connectivity index is 1.43. The highest BCUT2D eigenvalue weighted by atomic mass is 16.7. The Bertz CT molecular complexity index is 1310. The molecule has 2 aromatic carbocycles. The molecule has 0 bridgehead atoms. The molecule has 3 aromatic rings. The number of nitrogens with zero attached hydrogens (tertiary/aromatic N) is 3. The summed E-state index contributed by atoms with van der Waals surface area (Å²) in [7, 11) is 0. The summed E-state index contributed by atoms with van der Waals surface area (Å²) in [4.78, 5) is 34.7. The maximum Gasteiger partial charge on any atom is 0.308 e. The van der Waals surface area contributed by atoms with E-state index in [4.69, 9.17) is 19.6 Å². The van der Waals surface area contributed by atoms with Crippen molar-refractivity contribution in [1.82, 2.24) is 9.88 Å². The van der Waals surface area contributed by atoms with E-state index in [0.29, 0.717) is 49.9 Å². The first kappa shape index (κ1) is 27.7. The van der Waals surface area contributed by atoms with Gasteiger partial charge in [-0.25, -0.2) is 4.98 Å². The van der Waals surface area contributed by atoms with Crippen molar-refractivity contribution in [2.24, 2.45) is 11.7 Å². The molecule has 10 heteroatoms. The zero-order valence-electron chi connectivity index (χ0n) is 22.7. The van der Waals surface area contributed by atoms with Gasteiger partial charge in [0, 0.05) is 43.7 Å². The normalized spacial score (nSPS) is 20.1. The van der Waals surface area contributed by atoms with Gasteiger partial charge >= 0.3 is 5.97 Å². The Labute approximate surface area is 233 Å². The number of nitrogens with two attached hydrogens (primary N) is 1. The summed E-state index contributed by atoms with van der Waals surface area (Å²) in [5, 5.41) is 10.5. The van der Waals surface area contributed by atoms with Gasteiger partial charge in [0.15, 0.2) is 17.4 Å². The number of oxazole rings is 1. The van der Waals surface area contributed by atoms with Crippen LogP contribution in [0.3, 0.4) is 0 Å². The summed E-state index contributed by atoms with van der Waals surface area (Å²) in [5.41, 5.74) is 8.48. The van der Waals surface area contributed by atoms with Gasteiger partial charge in [0.25, 0.3) is 0 Å². The number of unbranched alkanes of at least 4 members (excludes halogenated alkanes) is 1. The lowest BCUT2D eigenvalue weighted by atomic mass is 9.83. The fraction of sp³-hybridized carbons (Fsp3) is 0.433. The van der Waals surface area contributed by atoms with Crippen LogP contribution in [0, 0.1) is 5.92 Å². The molecule has 2 aliphatic rings. The molecule has 3 N–H and O–H groups in total. The molecule has 10 nitrogen and oxygen atoms in total. The number of hydrogen-bond donors (Lipinski definition) is 2. The van der Waals surface area contributed by atoms with Crippen molar-refractivity contribution in [3.8, 4) is 11.5 Å². The Kier molecular flexibility index (Phi) is 8.66. The number of benzene rings is 2. The van der Waals surface area contributed by atoms with Gasteiger partial charge in [0.2, 0.25) is 12.7 Å². The second kappa shape index (κ2) is 12.5. The highest BCUT2D eigenvalue weighted by molar-refractivity contribution is 5.95. The molecule has 0 radical (unpaired) electrons. The predicted octanol–water partition coefficient (Wildman–Crippen LogP) is 3.80. The van der Waals surface area contributed by atoms with Crippen molar-refractivity contribution in [2.75, 3.05) is 31.3 Å². The lowest BCUT2D eigenvalue weighted by molar-refractivity contribution is -0.143. The zero-order chi connectivity index (χ0) is 28.1. The second-order valence-corrected chi connectivity index (χ2v) is 10.3. The molecule has 0 spiro atoms. The lowest BCUT2D eigenvalue weighted by Crippen LogP contribution is -2.44. The van der Waals surface area contributed by atoms with Crippen LogP contribution in [0.5, 0.6) is 11.5 Å². The number of carboxylic acids is 1. The number of rotatable bonds is 12. The lowest BCUT2D eigenvalue weighted by Gasteiger charge is -2.30. The molecule has 2 aliphatic heterocycles. The first-order valence-electron chi connectivity index (χ1n) is 13.8. The number of aromatic nitrogens is 1. The molecular formula is C30H36N4O6. The van der Waals surface area contributed by atoms with Crippen molar-refractivity contribution in [1.29, 1.82) is 0 Å². The van der Waals surface area contributed by atoms with Crippen LogP contribution in [0.25, 0.3) is 0 Å². The van der Waals surface area contributed by atoms with E-state index in [1.54, 1.807) is 11.1 Å². The smallest absolute Gasteiger partial charge is 0.308 e. The number of carbonyl (C=O) groups is 2. The van der Waals surface area contributed by atoms with Crippen LogP contribution >= 0.6 is 0 Å². The van der Waals surface area contributed by atoms with Crippen molar-refractivity contribution < 1.29 is 28.6 Å². The fourth-order valence-corrected chi connectivity index (χ4v) is 5.81. The molecular weight excluding hydrogens is 512 g/mol. The average molecular weight is 549 g/mol. The maximum absolute atomic E-state index is 13.9. The Morgan fingerprint density at radius 2 is 2.02 bits per heavy atom. The summed E-state index contributed by atoms with van der Waals surface area (Å²) >= 11 is 0. The average Bonchev–Trinajstić information content (AvgIpc) is 3.72. The molecule has 0 saturated carbocycles. The highest BCUT2D eigenvalue weighted by Gasteiger charge is 2.47. The largest absolute Gasteiger partial charge is 0.481 e. The van der Waals surface area contributed by atoms with Gasteiger partial charge < -0.3 is 29.6 Å². The van der Waals surface area contributed by atoms with Crippen LogP contribution in [0.1, 0.15) is 49.1 Å². The summed E-state index contributed by atoms with van der Waals surface area (Å²) in [5.74, 6) is -0.227. The number of hydrogen-bond acceptors (Lipinski definition) is 8. The van der Waals surface area contributed by atoms with Crippen LogP contribution in [0.15, 0.2) is 59.3 Å². The maximum atomic E-state index is 13.9. The van der Waals surface area contributed by atoms with E-state index < -0.39 is 17.9 Å². The SMILES string of the molecule is CCCCN(C(=O)CN1C[C@H](c2ccc3c(c2)OCO3)[C@@H](C(=O)O)[C@@H]1CCc1ncco1)c1cccc(CN)c1. The summed E-state index contributed by atoms with van der Waals surface area (Å²) in [6.07, 6.45) is 5.84. The van der Waals surface area contributed by atoms with E-state index in [1.165, 1.54) is 6.26 Å². The summed E-state index contributed by atoms with van der Waals surface area (Å²) in [6, 6.07) is 12.9. The number of fused-ring (bicyclic) bond motifs is 1. The van der Waals surface area contributed by atoms with Crippen LogP contribution < -0.4 is 20.1 Å². The Morgan fingerprint density at radius 1 is 1.18 bits per heavy atom. The zero-order valence-corrected chi connectivity index (χ0v) is 22.7. The van der Waals surface area contributed by atoms with Gasteiger partial charge in [-0.05, 0) is 48.2 Å². The van der Waals surface area contributed by atoms with Crippen LogP contribution in [0.4, 0.5) is 5.69 Å². The molecule has 3 heterocycles. The van der Waals surface area contributed by atoms with Gasteiger partial charge in [-0.15, -0.1) is 0 Å². The fourth-order valence-electron chi connectivity index (χ4n) is 5.81. The Morgan fingerprint density at radius 3 is 2.77 bits per heavy atom. The molecule has 212 valence electrons. The molecule has 40 heavy (non-hydrogen) atoms. The summed E-state index contributed by atoms with van der Waals surface area (Å²) < 4.78 is 16.5. The van der Waals surface area contributed by atoms with Crippen molar-refractivity contribution in [2.45, 2.75) is 51.1 Å². The van der Waals surface area contributed by atoms with E-state index in [9.17, 15) is 14.7 Å². The van der Waals surface area contributed by atoms with Crippen LogP contribution in [-0.2, 0) is 22.6 Å². The van der Waals surface area contributed by atoms with Gasteiger partial charge in [-0.3, -0.25) is 14.5 Å². The van der Waals surface area contributed by atoms with E-state index in [0.717, 1.165) is 29.7 Å². The van der Waals surface area contributed by atoms with E-state index in [2.05, 4.69) is 11.9 Å².